The molecule has 27 heavy (non-hydrogen) atoms. The molecule has 0 aliphatic rings. The van der Waals surface area contributed by atoms with Crippen LogP contribution in [0.2, 0.25) is 0 Å². The fraction of sp³-hybridized carbons (Fsp3) is 0.250. The molecular formula is C20H21N3O3S. The molecule has 140 valence electrons. The van der Waals surface area contributed by atoms with Crippen molar-refractivity contribution in [1.82, 2.24) is 9.55 Å². The highest BCUT2D eigenvalue weighted by atomic mass is 32.1. The lowest BCUT2D eigenvalue weighted by Gasteiger charge is -2.22. The van der Waals surface area contributed by atoms with Crippen molar-refractivity contribution in [1.29, 1.82) is 0 Å². The number of rotatable bonds is 5. The van der Waals surface area contributed by atoms with Gasteiger partial charge in [0.15, 0.2) is 5.13 Å². The smallest absolute Gasteiger partial charge is 0.355 e. The predicted octanol–water partition coefficient (Wildman–Crippen LogP) is 4.14. The average molecular weight is 383 g/mol. The van der Waals surface area contributed by atoms with Gasteiger partial charge in [-0.15, -0.1) is 11.3 Å². The zero-order valence-electron chi connectivity index (χ0n) is 15.7. The first-order chi connectivity index (χ1) is 12.9. The van der Waals surface area contributed by atoms with E-state index in [1.165, 1.54) is 18.3 Å². The second kappa shape index (κ2) is 7.75. The Labute approximate surface area is 162 Å². The first kappa shape index (κ1) is 18.8. The summed E-state index contributed by atoms with van der Waals surface area (Å²) in [6, 6.07) is 9.38. The van der Waals surface area contributed by atoms with Gasteiger partial charge in [0.2, 0.25) is 5.91 Å². The van der Waals surface area contributed by atoms with Crippen molar-refractivity contribution >= 4 is 34.0 Å². The minimum atomic E-state index is -0.407. The van der Waals surface area contributed by atoms with E-state index in [0.717, 1.165) is 16.8 Å². The number of aromatic nitrogens is 2. The van der Waals surface area contributed by atoms with E-state index in [-0.39, 0.29) is 12.5 Å². The van der Waals surface area contributed by atoms with Crippen molar-refractivity contribution in [2.75, 3.05) is 4.90 Å². The Hall–Kier alpha value is -2.93. The van der Waals surface area contributed by atoms with E-state index in [2.05, 4.69) is 4.98 Å². The van der Waals surface area contributed by atoms with Gasteiger partial charge >= 0.3 is 5.97 Å². The number of benzene rings is 1. The van der Waals surface area contributed by atoms with Gasteiger partial charge in [0.1, 0.15) is 12.3 Å². The highest BCUT2D eigenvalue weighted by Gasteiger charge is 2.21. The topological polar surface area (TPSA) is 64.4 Å². The van der Waals surface area contributed by atoms with Crippen LogP contribution in [-0.4, -0.2) is 21.4 Å². The number of para-hydroxylation sites is 1. The van der Waals surface area contributed by atoms with Crippen LogP contribution in [0.3, 0.4) is 0 Å². The lowest BCUT2D eigenvalue weighted by molar-refractivity contribution is -0.115. The molecule has 2 heterocycles. The van der Waals surface area contributed by atoms with Crippen molar-refractivity contribution in [3.8, 4) is 0 Å². The molecule has 0 aliphatic heterocycles. The summed E-state index contributed by atoms with van der Waals surface area (Å²) in [7, 11) is 1.78. The van der Waals surface area contributed by atoms with Gasteiger partial charge < -0.3 is 9.30 Å². The molecule has 1 amide bonds. The van der Waals surface area contributed by atoms with E-state index in [1.54, 1.807) is 40.2 Å². The van der Waals surface area contributed by atoms with Crippen LogP contribution in [0.25, 0.3) is 0 Å². The summed E-state index contributed by atoms with van der Waals surface area (Å²) in [6.07, 6.45) is 1.78. The number of carbonyl (C=O) groups excluding carboxylic acids is 2. The SMILES string of the molecule is CC(=O)N(c1nc(COC(=O)c2cccn2C)cs1)c1c(C)cccc1C. The highest BCUT2D eigenvalue weighted by Crippen LogP contribution is 2.33. The molecule has 0 bridgehead atoms. The lowest BCUT2D eigenvalue weighted by atomic mass is 10.1. The molecule has 0 saturated heterocycles. The van der Waals surface area contributed by atoms with Crippen LogP contribution >= 0.6 is 11.3 Å². The lowest BCUT2D eigenvalue weighted by Crippen LogP contribution is -2.24. The van der Waals surface area contributed by atoms with Gasteiger partial charge in [0.25, 0.3) is 0 Å². The highest BCUT2D eigenvalue weighted by molar-refractivity contribution is 7.14. The molecule has 0 unspecified atom stereocenters. The van der Waals surface area contributed by atoms with Crippen LogP contribution in [0.5, 0.6) is 0 Å². The predicted molar refractivity (Wildman–Crippen MR) is 105 cm³/mol. The van der Waals surface area contributed by atoms with Crippen LogP contribution in [0.4, 0.5) is 10.8 Å². The molecule has 1 aromatic carbocycles. The Morgan fingerprint density at radius 3 is 2.48 bits per heavy atom. The quantitative estimate of drug-likeness (QED) is 0.621. The zero-order valence-corrected chi connectivity index (χ0v) is 16.5. The van der Waals surface area contributed by atoms with Crippen LogP contribution in [0, 0.1) is 13.8 Å². The third-order valence-electron chi connectivity index (χ3n) is 4.21. The number of esters is 1. The minimum Gasteiger partial charge on any atom is -0.454 e. The van der Waals surface area contributed by atoms with Gasteiger partial charge in [-0.1, -0.05) is 18.2 Å². The first-order valence-corrected chi connectivity index (χ1v) is 9.36. The molecule has 0 saturated carbocycles. The standard InChI is InChI=1S/C20H21N3O3S/c1-13-7-5-8-14(2)18(13)23(15(3)24)20-21-16(12-27-20)11-26-19(25)17-9-6-10-22(17)4/h5-10,12H,11H2,1-4H3. The van der Waals surface area contributed by atoms with Crippen LogP contribution < -0.4 is 4.90 Å². The van der Waals surface area contributed by atoms with Gasteiger partial charge in [0.05, 0.1) is 11.4 Å². The summed E-state index contributed by atoms with van der Waals surface area (Å²) in [4.78, 5) is 30.6. The fourth-order valence-electron chi connectivity index (χ4n) is 2.90. The summed E-state index contributed by atoms with van der Waals surface area (Å²) in [5.74, 6) is -0.524. The van der Waals surface area contributed by atoms with Crippen molar-refractivity contribution < 1.29 is 14.3 Å². The van der Waals surface area contributed by atoms with Gasteiger partial charge in [-0.25, -0.2) is 9.78 Å². The van der Waals surface area contributed by atoms with Crippen LogP contribution in [0.15, 0.2) is 41.9 Å². The van der Waals surface area contributed by atoms with E-state index in [1.807, 2.05) is 32.0 Å². The van der Waals surface area contributed by atoms with Gasteiger partial charge in [-0.3, -0.25) is 9.69 Å². The molecule has 0 N–H and O–H groups in total. The molecule has 0 spiro atoms. The Kier molecular flexibility index (Phi) is 5.41. The largest absolute Gasteiger partial charge is 0.454 e. The van der Waals surface area contributed by atoms with Crippen molar-refractivity contribution in [3.63, 3.8) is 0 Å². The molecule has 3 rings (SSSR count). The molecule has 0 atom stereocenters. The van der Waals surface area contributed by atoms with E-state index in [4.69, 9.17) is 4.74 Å². The Morgan fingerprint density at radius 1 is 1.19 bits per heavy atom. The number of ether oxygens (including phenoxy) is 1. The van der Waals surface area contributed by atoms with Gasteiger partial charge in [-0.2, -0.15) is 0 Å². The number of nitrogens with zero attached hydrogens (tertiary/aromatic N) is 3. The fourth-order valence-corrected chi connectivity index (χ4v) is 3.76. The molecular weight excluding hydrogens is 362 g/mol. The van der Waals surface area contributed by atoms with E-state index in [9.17, 15) is 9.59 Å². The normalized spacial score (nSPS) is 10.7. The first-order valence-electron chi connectivity index (χ1n) is 8.48. The Morgan fingerprint density at radius 2 is 1.89 bits per heavy atom. The van der Waals surface area contributed by atoms with Crippen LogP contribution in [-0.2, 0) is 23.2 Å². The second-order valence-electron chi connectivity index (χ2n) is 6.30. The summed E-state index contributed by atoms with van der Waals surface area (Å²) in [5.41, 5.74) is 3.92. The molecule has 0 fully saturated rings. The average Bonchev–Trinajstić information content (AvgIpc) is 3.24. The maximum absolute atomic E-state index is 12.3. The summed E-state index contributed by atoms with van der Waals surface area (Å²) >= 11 is 1.35. The Balaban J connectivity index is 1.80. The number of anilines is 2. The van der Waals surface area contributed by atoms with Crippen LogP contribution in [0.1, 0.15) is 34.2 Å². The third kappa shape index (κ3) is 3.93. The summed E-state index contributed by atoms with van der Waals surface area (Å²) < 4.78 is 7.04. The summed E-state index contributed by atoms with van der Waals surface area (Å²) in [6.45, 7) is 5.50. The molecule has 6 nitrogen and oxygen atoms in total. The molecule has 7 heteroatoms. The van der Waals surface area contributed by atoms with Crippen molar-refractivity contribution in [2.45, 2.75) is 27.4 Å². The Bertz CT molecular complexity index is 970. The monoisotopic (exact) mass is 383 g/mol. The number of carbonyl (C=O) groups is 2. The molecule has 3 aromatic rings. The van der Waals surface area contributed by atoms with Crippen molar-refractivity contribution in [2.24, 2.45) is 7.05 Å². The van der Waals surface area contributed by atoms with E-state index >= 15 is 0 Å². The molecule has 0 aliphatic carbocycles. The van der Waals surface area contributed by atoms with Gasteiger partial charge in [0, 0.05) is 25.5 Å². The third-order valence-corrected chi connectivity index (χ3v) is 5.09. The van der Waals surface area contributed by atoms with Gasteiger partial charge in [-0.05, 0) is 37.1 Å². The maximum Gasteiger partial charge on any atom is 0.355 e. The van der Waals surface area contributed by atoms with E-state index in [0.29, 0.717) is 16.5 Å². The number of hydrogen-bond donors (Lipinski definition) is 0. The number of aryl methyl sites for hydroxylation is 3. The number of hydrogen-bond acceptors (Lipinski definition) is 5. The minimum absolute atomic E-state index is 0.0546. The summed E-state index contributed by atoms with van der Waals surface area (Å²) in [5, 5.41) is 2.36. The number of amides is 1. The maximum atomic E-state index is 12.3. The number of thiazole rings is 1. The molecule has 2 aromatic heterocycles. The second-order valence-corrected chi connectivity index (χ2v) is 7.13. The van der Waals surface area contributed by atoms with Crippen molar-refractivity contribution in [3.05, 3.63) is 64.4 Å². The van der Waals surface area contributed by atoms with E-state index < -0.39 is 5.97 Å². The zero-order chi connectivity index (χ0) is 19.6. The molecule has 0 radical (unpaired) electrons.